The standard InChI is InChI=1S/C16H16BrF2NO/c1-8-7-11(17)9(2)13(16(8)21-3)15(20)10-5-4-6-12(18)14(10)19/h4-7,15H,20H2,1-3H3. The Bertz CT molecular complexity index is 688. The van der Waals surface area contributed by atoms with Gasteiger partial charge in [0.05, 0.1) is 13.2 Å². The maximum absolute atomic E-state index is 14.0. The zero-order chi connectivity index (χ0) is 15.7. The second-order valence-electron chi connectivity index (χ2n) is 4.87. The Morgan fingerprint density at radius 2 is 1.90 bits per heavy atom. The van der Waals surface area contributed by atoms with Gasteiger partial charge in [-0.05, 0) is 37.1 Å². The molecule has 2 aromatic carbocycles. The summed E-state index contributed by atoms with van der Waals surface area (Å²) < 4.78 is 33.7. The zero-order valence-corrected chi connectivity index (χ0v) is 13.6. The summed E-state index contributed by atoms with van der Waals surface area (Å²) in [5.74, 6) is -1.25. The van der Waals surface area contributed by atoms with Gasteiger partial charge < -0.3 is 10.5 Å². The number of ether oxygens (including phenoxy) is 1. The first-order valence-electron chi connectivity index (χ1n) is 6.41. The van der Waals surface area contributed by atoms with Gasteiger partial charge in [-0.25, -0.2) is 8.78 Å². The van der Waals surface area contributed by atoms with E-state index in [1.54, 1.807) is 0 Å². The number of methoxy groups -OCH3 is 1. The molecule has 1 atom stereocenters. The fourth-order valence-corrected chi connectivity index (χ4v) is 2.99. The minimum Gasteiger partial charge on any atom is -0.496 e. The maximum Gasteiger partial charge on any atom is 0.163 e. The molecule has 5 heteroatoms. The van der Waals surface area contributed by atoms with Crippen LogP contribution in [-0.4, -0.2) is 7.11 Å². The van der Waals surface area contributed by atoms with E-state index in [2.05, 4.69) is 15.9 Å². The molecule has 0 saturated heterocycles. The summed E-state index contributed by atoms with van der Waals surface area (Å²) in [6.45, 7) is 3.74. The molecule has 0 heterocycles. The van der Waals surface area contributed by atoms with Gasteiger partial charge in [0.25, 0.3) is 0 Å². The van der Waals surface area contributed by atoms with Gasteiger partial charge in [0.2, 0.25) is 0 Å². The third kappa shape index (κ3) is 2.80. The molecule has 0 aliphatic heterocycles. The van der Waals surface area contributed by atoms with Crippen molar-refractivity contribution in [1.82, 2.24) is 0 Å². The lowest BCUT2D eigenvalue weighted by atomic mass is 9.92. The van der Waals surface area contributed by atoms with Gasteiger partial charge in [-0.1, -0.05) is 28.1 Å². The van der Waals surface area contributed by atoms with Crippen LogP contribution in [0.4, 0.5) is 8.78 Å². The second-order valence-corrected chi connectivity index (χ2v) is 5.72. The fourth-order valence-electron chi connectivity index (χ4n) is 2.44. The molecule has 0 radical (unpaired) electrons. The minimum absolute atomic E-state index is 0.105. The smallest absolute Gasteiger partial charge is 0.163 e. The van der Waals surface area contributed by atoms with E-state index in [0.717, 1.165) is 21.7 Å². The van der Waals surface area contributed by atoms with E-state index >= 15 is 0 Å². The van der Waals surface area contributed by atoms with Crippen molar-refractivity contribution in [3.8, 4) is 5.75 Å². The molecule has 2 rings (SSSR count). The van der Waals surface area contributed by atoms with Crippen LogP contribution in [0.2, 0.25) is 0 Å². The molecule has 2 nitrogen and oxygen atoms in total. The van der Waals surface area contributed by atoms with Crippen molar-refractivity contribution in [2.75, 3.05) is 7.11 Å². The van der Waals surface area contributed by atoms with Gasteiger partial charge in [0.15, 0.2) is 11.6 Å². The first kappa shape index (κ1) is 15.9. The molecular formula is C16H16BrF2NO. The Balaban J connectivity index is 2.68. The molecule has 0 aliphatic carbocycles. The number of nitrogens with two attached hydrogens (primary N) is 1. The number of aryl methyl sites for hydroxylation is 1. The number of halogens is 3. The summed E-state index contributed by atoms with van der Waals surface area (Å²) in [6, 6.07) is 5.10. The molecule has 2 aromatic rings. The van der Waals surface area contributed by atoms with Crippen molar-refractivity contribution in [2.24, 2.45) is 5.73 Å². The van der Waals surface area contributed by atoms with Crippen LogP contribution in [0.25, 0.3) is 0 Å². The van der Waals surface area contributed by atoms with Crippen molar-refractivity contribution >= 4 is 15.9 Å². The van der Waals surface area contributed by atoms with Crippen molar-refractivity contribution in [3.05, 3.63) is 62.6 Å². The summed E-state index contributed by atoms with van der Waals surface area (Å²) in [5, 5.41) is 0. The first-order valence-corrected chi connectivity index (χ1v) is 7.20. The van der Waals surface area contributed by atoms with Crippen LogP contribution in [0.1, 0.15) is 28.3 Å². The third-order valence-electron chi connectivity index (χ3n) is 3.54. The highest BCUT2D eigenvalue weighted by Crippen LogP contribution is 2.38. The molecule has 0 saturated carbocycles. The molecule has 112 valence electrons. The second kappa shape index (κ2) is 6.12. The van der Waals surface area contributed by atoms with E-state index in [1.807, 2.05) is 19.9 Å². The molecule has 0 aromatic heterocycles. The van der Waals surface area contributed by atoms with Gasteiger partial charge >= 0.3 is 0 Å². The van der Waals surface area contributed by atoms with Gasteiger partial charge in [-0.3, -0.25) is 0 Å². The number of hydrogen-bond donors (Lipinski definition) is 1. The lowest BCUT2D eigenvalue weighted by molar-refractivity contribution is 0.403. The van der Waals surface area contributed by atoms with Crippen LogP contribution in [0.3, 0.4) is 0 Å². The summed E-state index contributed by atoms with van der Waals surface area (Å²) >= 11 is 3.46. The Labute approximate surface area is 131 Å². The highest BCUT2D eigenvalue weighted by molar-refractivity contribution is 9.10. The summed E-state index contributed by atoms with van der Waals surface area (Å²) in [5.41, 5.74) is 8.66. The van der Waals surface area contributed by atoms with Crippen molar-refractivity contribution in [2.45, 2.75) is 19.9 Å². The molecule has 1 unspecified atom stereocenters. The highest BCUT2D eigenvalue weighted by Gasteiger charge is 2.23. The molecule has 0 aliphatic rings. The van der Waals surface area contributed by atoms with Gasteiger partial charge in [-0.15, -0.1) is 0 Å². The van der Waals surface area contributed by atoms with E-state index in [9.17, 15) is 8.78 Å². The van der Waals surface area contributed by atoms with Gasteiger partial charge in [0.1, 0.15) is 5.75 Å². The largest absolute Gasteiger partial charge is 0.496 e. The summed E-state index contributed by atoms with van der Waals surface area (Å²) in [7, 11) is 1.54. The topological polar surface area (TPSA) is 35.2 Å². The SMILES string of the molecule is COc1c(C)cc(Br)c(C)c1C(N)c1cccc(F)c1F. The summed E-state index contributed by atoms with van der Waals surface area (Å²) in [6.07, 6.45) is 0. The molecule has 0 fully saturated rings. The molecule has 0 spiro atoms. The van der Waals surface area contributed by atoms with Crippen molar-refractivity contribution < 1.29 is 13.5 Å². The first-order chi connectivity index (χ1) is 9.88. The van der Waals surface area contributed by atoms with E-state index in [-0.39, 0.29) is 5.56 Å². The fraction of sp³-hybridized carbons (Fsp3) is 0.250. The Morgan fingerprint density at radius 1 is 1.24 bits per heavy atom. The van der Waals surface area contributed by atoms with E-state index in [0.29, 0.717) is 11.3 Å². The van der Waals surface area contributed by atoms with Crippen molar-refractivity contribution in [3.63, 3.8) is 0 Å². The Hall–Kier alpha value is -1.46. The maximum atomic E-state index is 14.0. The molecule has 2 N–H and O–H groups in total. The lowest BCUT2D eigenvalue weighted by Crippen LogP contribution is -2.17. The average molecular weight is 356 g/mol. The van der Waals surface area contributed by atoms with Crippen LogP contribution in [0.5, 0.6) is 5.75 Å². The van der Waals surface area contributed by atoms with Gasteiger partial charge in [-0.2, -0.15) is 0 Å². The predicted octanol–water partition coefficient (Wildman–Crippen LogP) is 4.40. The quantitative estimate of drug-likeness (QED) is 0.885. The van der Waals surface area contributed by atoms with Crippen LogP contribution < -0.4 is 10.5 Å². The summed E-state index contributed by atoms with van der Waals surface area (Å²) in [4.78, 5) is 0. The minimum atomic E-state index is -0.927. The lowest BCUT2D eigenvalue weighted by Gasteiger charge is -2.22. The predicted molar refractivity (Wildman–Crippen MR) is 82.6 cm³/mol. The monoisotopic (exact) mass is 355 g/mol. The van der Waals surface area contributed by atoms with Crippen LogP contribution in [-0.2, 0) is 0 Å². The number of benzene rings is 2. The Morgan fingerprint density at radius 3 is 2.52 bits per heavy atom. The van der Waals surface area contributed by atoms with Gasteiger partial charge in [0, 0.05) is 15.6 Å². The number of hydrogen-bond acceptors (Lipinski definition) is 2. The van der Waals surface area contributed by atoms with Crippen molar-refractivity contribution in [1.29, 1.82) is 0 Å². The molecule has 0 amide bonds. The van der Waals surface area contributed by atoms with Crippen LogP contribution in [0.15, 0.2) is 28.7 Å². The van der Waals surface area contributed by atoms with Crippen LogP contribution in [0, 0.1) is 25.5 Å². The van der Waals surface area contributed by atoms with E-state index in [4.69, 9.17) is 10.5 Å². The molecule has 21 heavy (non-hydrogen) atoms. The third-order valence-corrected chi connectivity index (χ3v) is 4.36. The van der Waals surface area contributed by atoms with E-state index in [1.165, 1.54) is 19.2 Å². The molecule has 0 bridgehead atoms. The number of rotatable bonds is 3. The van der Waals surface area contributed by atoms with E-state index < -0.39 is 17.7 Å². The molecular weight excluding hydrogens is 340 g/mol. The Kier molecular flexibility index (Phi) is 4.64. The highest BCUT2D eigenvalue weighted by atomic mass is 79.9. The normalized spacial score (nSPS) is 12.3. The zero-order valence-electron chi connectivity index (χ0n) is 12.0. The van der Waals surface area contributed by atoms with Crippen LogP contribution >= 0.6 is 15.9 Å². The average Bonchev–Trinajstić information content (AvgIpc) is 2.44.